The van der Waals surface area contributed by atoms with Gasteiger partial charge in [-0.1, -0.05) is 0 Å². The third kappa shape index (κ3) is 2.23. The van der Waals surface area contributed by atoms with Crippen LogP contribution < -0.4 is 0 Å². The second-order valence-electron chi connectivity index (χ2n) is 3.61. The van der Waals surface area contributed by atoms with Crippen molar-refractivity contribution in [2.75, 3.05) is 6.61 Å². The van der Waals surface area contributed by atoms with E-state index >= 15 is 0 Å². The van der Waals surface area contributed by atoms with Crippen LogP contribution >= 0.6 is 0 Å². The van der Waals surface area contributed by atoms with Crippen molar-refractivity contribution in [1.82, 2.24) is 0 Å². The van der Waals surface area contributed by atoms with Gasteiger partial charge in [-0.3, -0.25) is 0 Å². The summed E-state index contributed by atoms with van der Waals surface area (Å²) in [6.45, 7) is 0.868. The van der Waals surface area contributed by atoms with E-state index in [1.165, 1.54) is 11.1 Å². The third-order valence-corrected chi connectivity index (χ3v) is 3.34. The van der Waals surface area contributed by atoms with Crippen LogP contribution in [0.3, 0.4) is 0 Å². The zero-order chi connectivity index (χ0) is 9.80. The van der Waals surface area contributed by atoms with E-state index in [0.29, 0.717) is 5.92 Å². The van der Waals surface area contributed by atoms with Crippen LogP contribution in [-0.4, -0.2) is 6.61 Å². The summed E-state index contributed by atoms with van der Waals surface area (Å²) in [4.78, 5) is 0. The van der Waals surface area contributed by atoms with Crippen molar-refractivity contribution in [2.45, 2.75) is 12.8 Å². The number of allylic oxidation sites excluding steroid dienone is 6. The molecule has 0 saturated heterocycles. The van der Waals surface area contributed by atoms with Crippen molar-refractivity contribution in [3.05, 3.63) is 47.6 Å². The Morgan fingerprint density at radius 3 is 2.07 bits per heavy atom. The van der Waals surface area contributed by atoms with E-state index in [0.717, 1.165) is 44.3 Å². The molecule has 0 N–H and O–H groups in total. The molecule has 2 aliphatic carbocycles. The van der Waals surface area contributed by atoms with Gasteiger partial charge < -0.3 is 0 Å². The fourth-order valence-electron chi connectivity index (χ4n) is 1.98. The summed E-state index contributed by atoms with van der Waals surface area (Å²) in [6.07, 6.45) is 15.4. The average Bonchev–Trinajstić information content (AvgIpc) is 2.87. The zero-order valence-electron chi connectivity index (χ0n) is 8.07. The molecule has 0 radical (unpaired) electrons. The van der Waals surface area contributed by atoms with Gasteiger partial charge in [-0.2, -0.15) is 0 Å². The Morgan fingerprint density at radius 1 is 1.14 bits per heavy atom. The quantitative estimate of drug-likeness (QED) is 0.708. The summed E-state index contributed by atoms with van der Waals surface area (Å²) in [5.41, 5.74) is 3.02. The van der Waals surface area contributed by atoms with Crippen LogP contribution in [0.25, 0.3) is 0 Å². The molecule has 0 saturated carbocycles. The van der Waals surface area contributed by atoms with E-state index < -0.39 is 0 Å². The van der Waals surface area contributed by atoms with Crippen LogP contribution in [0.4, 0.5) is 0 Å². The molecular formula is C12H13HfO. The molecule has 71 valence electrons. The Morgan fingerprint density at radius 2 is 1.71 bits per heavy atom. The van der Waals surface area contributed by atoms with Gasteiger partial charge in [0.15, 0.2) is 0 Å². The maximum atomic E-state index is 5.43. The van der Waals surface area contributed by atoms with Crippen molar-refractivity contribution in [2.24, 2.45) is 5.92 Å². The molecule has 0 heterocycles. The molecule has 0 atom stereocenters. The summed E-state index contributed by atoms with van der Waals surface area (Å²) >= 11 is 0.834. The van der Waals surface area contributed by atoms with Gasteiger partial charge in [-0.05, 0) is 0 Å². The van der Waals surface area contributed by atoms with Gasteiger partial charge in [0, 0.05) is 0 Å². The van der Waals surface area contributed by atoms with Gasteiger partial charge in [0.25, 0.3) is 0 Å². The first-order valence-electron chi connectivity index (χ1n) is 4.91. The van der Waals surface area contributed by atoms with Crippen LogP contribution in [0.2, 0.25) is 0 Å². The first kappa shape index (κ1) is 10.3. The summed E-state index contributed by atoms with van der Waals surface area (Å²) in [5, 5.41) is 0. The van der Waals surface area contributed by atoms with Crippen molar-refractivity contribution in [1.29, 1.82) is 0 Å². The zero-order valence-corrected chi connectivity index (χ0v) is 11.7. The van der Waals surface area contributed by atoms with E-state index in [1.54, 1.807) is 0 Å². The van der Waals surface area contributed by atoms with Crippen molar-refractivity contribution < 1.29 is 27.7 Å². The molecular weight excluding hydrogens is 339 g/mol. The number of hydrogen-bond donors (Lipinski definition) is 0. The van der Waals surface area contributed by atoms with Gasteiger partial charge in [0.2, 0.25) is 0 Å². The fourth-order valence-corrected chi connectivity index (χ4v) is 2.58. The number of hydrogen-bond acceptors (Lipinski definition) is 1. The van der Waals surface area contributed by atoms with Crippen molar-refractivity contribution in [3.63, 3.8) is 0 Å². The Kier molecular flexibility index (Phi) is 3.71. The SMILES string of the molecule is [Hf][O]CC(C1=CC=CC1)C1=CC=CC1. The first-order valence-corrected chi connectivity index (χ1v) is 6.38. The van der Waals surface area contributed by atoms with Gasteiger partial charge in [0.05, 0.1) is 0 Å². The first-order chi connectivity index (χ1) is 6.92. The van der Waals surface area contributed by atoms with Gasteiger partial charge >= 0.3 is 101 Å². The fraction of sp³-hybridized carbons (Fsp3) is 0.333. The second-order valence-corrected chi connectivity index (χ2v) is 4.65. The molecule has 0 bridgehead atoms. The molecule has 0 spiro atoms. The molecule has 0 aliphatic heterocycles. The summed E-state index contributed by atoms with van der Waals surface area (Å²) in [5.74, 6) is 0.525. The third-order valence-electron chi connectivity index (χ3n) is 2.75. The molecule has 2 aliphatic rings. The molecule has 0 aromatic carbocycles. The Balaban J connectivity index is 2.07. The second kappa shape index (κ2) is 5.04. The van der Waals surface area contributed by atoms with Crippen LogP contribution in [0.5, 0.6) is 0 Å². The van der Waals surface area contributed by atoms with E-state index in [9.17, 15) is 0 Å². The molecule has 0 aromatic heterocycles. The standard InChI is InChI=1S/C12H13O.Hf/c13-9-12(10-5-1-2-6-10)11-7-3-4-8-11;/h1-5,7,12H,6,8-9H2;/q-1;+1. The van der Waals surface area contributed by atoms with E-state index in [4.69, 9.17) is 2.85 Å². The van der Waals surface area contributed by atoms with Crippen LogP contribution in [-0.2, 0) is 27.7 Å². The summed E-state index contributed by atoms with van der Waals surface area (Å²) in [6, 6.07) is 0. The van der Waals surface area contributed by atoms with Gasteiger partial charge in [-0.15, -0.1) is 0 Å². The van der Waals surface area contributed by atoms with Gasteiger partial charge in [0.1, 0.15) is 0 Å². The Bertz CT molecular complexity index is 293. The van der Waals surface area contributed by atoms with Gasteiger partial charge in [-0.25, -0.2) is 0 Å². The van der Waals surface area contributed by atoms with Crippen molar-refractivity contribution in [3.8, 4) is 0 Å². The topological polar surface area (TPSA) is 9.23 Å². The molecule has 1 nitrogen and oxygen atoms in total. The Hall–Kier alpha value is -0.210. The monoisotopic (exact) mass is 353 g/mol. The minimum atomic E-state index is 0.525. The van der Waals surface area contributed by atoms with Crippen LogP contribution in [0.15, 0.2) is 47.6 Å². The molecule has 0 aromatic rings. The van der Waals surface area contributed by atoms with E-state index in [1.807, 2.05) is 0 Å². The molecule has 2 heteroatoms. The molecule has 2 rings (SSSR count). The maximum absolute atomic E-state index is 5.43. The normalized spacial score (nSPS) is 19.1. The molecule has 14 heavy (non-hydrogen) atoms. The molecule has 0 amide bonds. The van der Waals surface area contributed by atoms with E-state index in [2.05, 4.69) is 36.5 Å². The molecule has 0 fully saturated rings. The van der Waals surface area contributed by atoms with Crippen LogP contribution in [0.1, 0.15) is 12.8 Å². The Labute approximate surface area is 100 Å². The van der Waals surface area contributed by atoms with Crippen LogP contribution in [0, 0.1) is 5.92 Å². The minimum absolute atomic E-state index is 0.525. The summed E-state index contributed by atoms with van der Waals surface area (Å²) < 4.78 is 5.43. The van der Waals surface area contributed by atoms with E-state index in [-0.39, 0.29) is 0 Å². The predicted octanol–water partition coefficient (Wildman–Crippen LogP) is 2.85. The number of rotatable bonds is 4. The molecule has 0 unspecified atom stereocenters. The summed E-state index contributed by atoms with van der Waals surface area (Å²) in [7, 11) is 0. The van der Waals surface area contributed by atoms with Crippen molar-refractivity contribution >= 4 is 0 Å². The predicted molar refractivity (Wildman–Crippen MR) is 53.1 cm³/mol. The average molecular weight is 352 g/mol.